The van der Waals surface area contributed by atoms with Gasteiger partial charge in [0.25, 0.3) is 0 Å². The van der Waals surface area contributed by atoms with Gasteiger partial charge in [0.05, 0.1) is 11.9 Å². The summed E-state index contributed by atoms with van der Waals surface area (Å²) >= 11 is 0. The maximum atomic E-state index is 4.41. The molecule has 4 nitrogen and oxygen atoms in total. The van der Waals surface area contributed by atoms with Gasteiger partial charge in [0, 0.05) is 27.7 Å². The SMILES string of the molecule is CC(CNCc1cnc(N(C)C)n1C)C(C)(C)C. The van der Waals surface area contributed by atoms with E-state index in [1.54, 1.807) is 0 Å². The minimum atomic E-state index is 0.355. The summed E-state index contributed by atoms with van der Waals surface area (Å²) in [6, 6.07) is 0. The zero-order valence-electron chi connectivity index (χ0n) is 12.9. The fourth-order valence-electron chi connectivity index (χ4n) is 1.74. The van der Waals surface area contributed by atoms with Gasteiger partial charge in [0.1, 0.15) is 0 Å². The number of rotatable bonds is 5. The van der Waals surface area contributed by atoms with Gasteiger partial charge in [-0.3, -0.25) is 0 Å². The van der Waals surface area contributed by atoms with Crippen molar-refractivity contribution in [3.8, 4) is 0 Å². The number of hydrogen-bond donors (Lipinski definition) is 1. The van der Waals surface area contributed by atoms with Gasteiger partial charge >= 0.3 is 0 Å². The summed E-state index contributed by atoms with van der Waals surface area (Å²) in [6.07, 6.45) is 1.95. The van der Waals surface area contributed by atoms with E-state index in [1.807, 2.05) is 25.2 Å². The molecule has 0 bridgehead atoms. The molecule has 1 aromatic heterocycles. The molecule has 104 valence electrons. The molecule has 1 N–H and O–H groups in total. The fourth-order valence-corrected chi connectivity index (χ4v) is 1.74. The lowest BCUT2D eigenvalue weighted by Gasteiger charge is -2.27. The molecule has 0 aliphatic heterocycles. The molecule has 0 aliphatic carbocycles. The van der Waals surface area contributed by atoms with Crippen LogP contribution in [0, 0.1) is 11.3 Å². The van der Waals surface area contributed by atoms with Crippen LogP contribution in [-0.4, -0.2) is 30.2 Å². The normalized spacial score (nSPS) is 13.7. The van der Waals surface area contributed by atoms with Gasteiger partial charge in [0.15, 0.2) is 0 Å². The minimum absolute atomic E-state index is 0.355. The summed E-state index contributed by atoms with van der Waals surface area (Å²) in [7, 11) is 6.09. The second-order valence-electron chi connectivity index (χ2n) is 6.40. The van der Waals surface area contributed by atoms with Crippen molar-refractivity contribution in [2.75, 3.05) is 25.5 Å². The van der Waals surface area contributed by atoms with E-state index in [-0.39, 0.29) is 0 Å². The predicted molar refractivity (Wildman–Crippen MR) is 77.9 cm³/mol. The molecule has 0 fully saturated rings. The standard InChI is InChI=1S/C14H28N4/c1-11(14(2,3)4)8-15-9-12-10-16-13(17(5)6)18(12)7/h10-11,15H,8-9H2,1-7H3. The Labute approximate surface area is 111 Å². The molecule has 1 rings (SSSR count). The molecule has 0 aromatic carbocycles. The molecular weight excluding hydrogens is 224 g/mol. The number of nitrogens with zero attached hydrogens (tertiary/aromatic N) is 3. The van der Waals surface area contributed by atoms with Crippen LogP contribution < -0.4 is 10.2 Å². The Kier molecular flexibility index (Phi) is 4.79. The first-order valence-corrected chi connectivity index (χ1v) is 6.62. The molecule has 0 radical (unpaired) electrons. The summed E-state index contributed by atoms with van der Waals surface area (Å²) in [6.45, 7) is 11.1. The van der Waals surface area contributed by atoms with Crippen LogP contribution in [0.4, 0.5) is 5.95 Å². The van der Waals surface area contributed by atoms with Gasteiger partial charge in [-0.1, -0.05) is 27.7 Å². The Balaban J connectivity index is 2.50. The lowest BCUT2D eigenvalue weighted by Crippen LogP contribution is -2.30. The molecule has 1 atom stereocenters. The van der Waals surface area contributed by atoms with E-state index in [0.717, 1.165) is 19.0 Å². The quantitative estimate of drug-likeness (QED) is 0.872. The maximum absolute atomic E-state index is 4.41. The molecule has 0 aliphatic rings. The highest BCUT2D eigenvalue weighted by Crippen LogP contribution is 2.24. The Morgan fingerprint density at radius 2 is 2.00 bits per heavy atom. The van der Waals surface area contributed by atoms with Gasteiger partial charge in [-0.25, -0.2) is 4.98 Å². The van der Waals surface area contributed by atoms with Crippen molar-refractivity contribution in [1.82, 2.24) is 14.9 Å². The van der Waals surface area contributed by atoms with Crippen molar-refractivity contribution in [3.63, 3.8) is 0 Å². The highest BCUT2D eigenvalue weighted by Gasteiger charge is 2.19. The number of imidazole rings is 1. The largest absolute Gasteiger partial charge is 0.348 e. The zero-order valence-corrected chi connectivity index (χ0v) is 12.9. The molecule has 1 aromatic rings. The van der Waals surface area contributed by atoms with Gasteiger partial charge in [0.2, 0.25) is 5.95 Å². The summed E-state index contributed by atoms with van der Waals surface area (Å²) in [5, 5.41) is 3.52. The highest BCUT2D eigenvalue weighted by atomic mass is 15.3. The van der Waals surface area contributed by atoms with Gasteiger partial charge < -0.3 is 14.8 Å². The Morgan fingerprint density at radius 1 is 1.39 bits per heavy atom. The average molecular weight is 252 g/mol. The van der Waals surface area contributed by atoms with E-state index in [4.69, 9.17) is 0 Å². The molecule has 0 saturated heterocycles. The first-order chi connectivity index (χ1) is 8.23. The molecule has 1 unspecified atom stereocenters. The number of aromatic nitrogens is 2. The van der Waals surface area contributed by atoms with E-state index in [0.29, 0.717) is 11.3 Å². The van der Waals surface area contributed by atoms with Crippen molar-refractivity contribution >= 4 is 5.95 Å². The summed E-state index contributed by atoms with van der Waals surface area (Å²) in [5.74, 6) is 1.65. The van der Waals surface area contributed by atoms with Gasteiger partial charge in [-0.15, -0.1) is 0 Å². The monoisotopic (exact) mass is 252 g/mol. The third-order valence-electron chi connectivity index (χ3n) is 3.69. The van der Waals surface area contributed by atoms with E-state index in [9.17, 15) is 0 Å². The second-order valence-corrected chi connectivity index (χ2v) is 6.40. The second kappa shape index (κ2) is 5.74. The van der Waals surface area contributed by atoms with Crippen LogP contribution in [-0.2, 0) is 13.6 Å². The third kappa shape index (κ3) is 3.73. The smallest absolute Gasteiger partial charge is 0.204 e. The predicted octanol–water partition coefficient (Wildman–Crippen LogP) is 2.26. The summed E-state index contributed by atoms with van der Waals surface area (Å²) in [5.41, 5.74) is 1.58. The molecule has 4 heteroatoms. The van der Waals surface area contributed by atoms with E-state index in [1.165, 1.54) is 5.69 Å². The zero-order chi connectivity index (χ0) is 13.9. The minimum Gasteiger partial charge on any atom is -0.348 e. The van der Waals surface area contributed by atoms with E-state index < -0.39 is 0 Å². The summed E-state index contributed by atoms with van der Waals surface area (Å²) in [4.78, 5) is 6.44. The van der Waals surface area contributed by atoms with E-state index in [2.05, 4.69) is 49.6 Å². The number of anilines is 1. The van der Waals surface area contributed by atoms with E-state index >= 15 is 0 Å². The van der Waals surface area contributed by atoms with Crippen molar-refractivity contribution in [1.29, 1.82) is 0 Å². The van der Waals surface area contributed by atoms with Gasteiger partial charge in [-0.2, -0.15) is 0 Å². The topological polar surface area (TPSA) is 33.1 Å². The molecule has 1 heterocycles. The third-order valence-corrected chi connectivity index (χ3v) is 3.69. The maximum Gasteiger partial charge on any atom is 0.204 e. The Hall–Kier alpha value is -1.03. The van der Waals surface area contributed by atoms with Crippen LogP contribution in [0.25, 0.3) is 0 Å². The first kappa shape index (κ1) is 15.0. The van der Waals surface area contributed by atoms with Crippen LogP contribution >= 0.6 is 0 Å². The van der Waals surface area contributed by atoms with Gasteiger partial charge in [-0.05, 0) is 17.9 Å². The highest BCUT2D eigenvalue weighted by molar-refractivity contribution is 5.30. The van der Waals surface area contributed by atoms with Crippen molar-refractivity contribution < 1.29 is 0 Å². The van der Waals surface area contributed by atoms with Crippen molar-refractivity contribution in [2.24, 2.45) is 18.4 Å². The molecular formula is C14H28N4. The lowest BCUT2D eigenvalue weighted by atomic mass is 9.82. The number of nitrogens with one attached hydrogen (secondary N) is 1. The molecule has 0 amide bonds. The van der Waals surface area contributed by atoms with Crippen LogP contribution in [0.5, 0.6) is 0 Å². The Bertz CT molecular complexity index is 374. The van der Waals surface area contributed by atoms with Crippen molar-refractivity contribution in [3.05, 3.63) is 11.9 Å². The van der Waals surface area contributed by atoms with Crippen molar-refractivity contribution in [2.45, 2.75) is 34.2 Å². The van der Waals surface area contributed by atoms with Crippen LogP contribution in [0.15, 0.2) is 6.20 Å². The lowest BCUT2D eigenvalue weighted by molar-refractivity contribution is 0.252. The molecule has 0 saturated carbocycles. The molecule has 18 heavy (non-hydrogen) atoms. The van der Waals surface area contributed by atoms with Crippen LogP contribution in [0.2, 0.25) is 0 Å². The van der Waals surface area contributed by atoms with Crippen LogP contribution in [0.1, 0.15) is 33.4 Å². The summed E-state index contributed by atoms with van der Waals surface area (Å²) < 4.78 is 2.13. The first-order valence-electron chi connectivity index (χ1n) is 6.62. The number of hydrogen-bond acceptors (Lipinski definition) is 3. The van der Waals surface area contributed by atoms with Crippen LogP contribution in [0.3, 0.4) is 0 Å². The Morgan fingerprint density at radius 3 is 2.44 bits per heavy atom. The molecule has 0 spiro atoms. The average Bonchev–Trinajstić information content (AvgIpc) is 2.59. The fraction of sp³-hybridized carbons (Fsp3) is 0.786.